The molecule has 0 saturated carbocycles. The molecule has 0 aliphatic carbocycles. The molecule has 1 heterocycles. The Labute approximate surface area is 167 Å². The number of aromatic amines is 1. The zero-order chi connectivity index (χ0) is 20.8. The van der Waals surface area contributed by atoms with Crippen molar-refractivity contribution in [1.29, 1.82) is 0 Å². The number of esters is 1. The standard InChI is InChI=1S/C21H20N4O4/c1-13-4-7-16(8-5-13)21(27)29-18-9-6-15(11-19(18)28-3)12-22-25-20(26)17-10-14(2)23-24-17/h4-12H,1-3H3,(H,23,24)(H,25,26)/b22-12-. The van der Waals surface area contributed by atoms with Gasteiger partial charge in [0.2, 0.25) is 0 Å². The van der Waals surface area contributed by atoms with Gasteiger partial charge in [0.15, 0.2) is 17.2 Å². The molecule has 0 aliphatic rings. The highest BCUT2D eigenvalue weighted by atomic mass is 16.6. The maximum absolute atomic E-state index is 12.3. The third-order valence-electron chi connectivity index (χ3n) is 4.00. The van der Waals surface area contributed by atoms with Gasteiger partial charge in [0, 0.05) is 5.69 Å². The van der Waals surface area contributed by atoms with Crippen LogP contribution in [0.4, 0.5) is 0 Å². The molecule has 2 N–H and O–H groups in total. The van der Waals surface area contributed by atoms with Crippen molar-refractivity contribution in [3.63, 3.8) is 0 Å². The maximum atomic E-state index is 12.3. The van der Waals surface area contributed by atoms with E-state index in [0.29, 0.717) is 16.9 Å². The SMILES string of the molecule is COc1cc(/C=N\NC(=O)c2cc(C)[nH]n2)ccc1OC(=O)c1ccc(C)cc1. The van der Waals surface area contributed by atoms with Gasteiger partial charge in [-0.3, -0.25) is 9.89 Å². The summed E-state index contributed by atoms with van der Waals surface area (Å²) in [6.45, 7) is 3.74. The van der Waals surface area contributed by atoms with Crippen molar-refractivity contribution >= 4 is 18.1 Å². The molecule has 0 unspecified atom stereocenters. The summed E-state index contributed by atoms with van der Waals surface area (Å²) < 4.78 is 10.7. The Morgan fingerprint density at radius 3 is 2.48 bits per heavy atom. The predicted molar refractivity (Wildman–Crippen MR) is 108 cm³/mol. The van der Waals surface area contributed by atoms with E-state index < -0.39 is 11.9 Å². The second-order valence-corrected chi connectivity index (χ2v) is 6.30. The minimum Gasteiger partial charge on any atom is -0.493 e. The lowest BCUT2D eigenvalue weighted by atomic mass is 10.1. The Hall–Kier alpha value is -3.94. The monoisotopic (exact) mass is 392 g/mol. The quantitative estimate of drug-likeness (QED) is 0.290. The molecule has 8 heteroatoms. The lowest BCUT2D eigenvalue weighted by Crippen LogP contribution is -2.18. The number of methoxy groups -OCH3 is 1. The summed E-state index contributed by atoms with van der Waals surface area (Å²) in [6.07, 6.45) is 1.45. The fourth-order valence-corrected chi connectivity index (χ4v) is 2.45. The molecule has 0 spiro atoms. The highest BCUT2D eigenvalue weighted by molar-refractivity contribution is 5.93. The third-order valence-corrected chi connectivity index (χ3v) is 4.00. The Bertz CT molecular complexity index is 1050. The van der Waals surface area contributed by atoms with Crippen molar-refractivity contribution in [3.8, 4) is 11.5 Å². The Kier molecular flexibility index (Phi) is 6.03. The Morgan fingerprint density at radius 2 is 1.83 bits per heavy atom. The number of nitrogens with one attached hydrogen (secondary N) is 2. The molecule has 0 radical (unpaired) electrons. The van der Waals surface area contributed by atoms with Crippen LogP contribution in [0.5, 0.6) is 11.5 Å². The molecule has 2 aromatic carbocycles. The van der Waals surface area contributed by atoms with Crippen molar-refractivity contribution in [2.45, 2.75) is 13.8 Å². The topological polar surface area (TPSA) is 106 Å². The van der Waals surface area contributed by atoms with Gasteiger partial charge in [-0.15, -0.1) is 0 Å². The van der Waals surface area contributed by atoms with Gasteiger partial charge in [-0.25, -0.2) is 10.2 Å². The van der Waals surface area contributed by atoms with Crippen LogP contribution in [0.15, 0.2) is 53.6 Å². The van der Waals surface area contributed by atoms with Crippen LogP contribution in [-0.2, 0) is 0 Å². The first-order chi connectivity index (χ1) is 14.0. The zero-order valence-electron chi connectivity index (χ0n) is 16.2. The molecular formula is C21H20N4O4. The average Bonchev–Trinajstić information content (AvgIpc) is 3.15. The largest absolute Gasteiger partial charge is 0.493 e. The normalized spacial score (nSPS) is 10.7. The maximum Gasteiger partial charge on any atom is 0.343 e. The summed E-state index contributed by atoms with van der Waals surface area (Å²) in [5, 5.41) is 10.5. The van der Waals surface area contributed by atoms with Gasteiger partial charge >= 0.3 is 5.97 Å². The van der Waals surface area contributed by atoms with E-state index >= 15 is 0 Å². The number of amides is 1. The molecule has 3 rings (SSSR count). The molecule has 0 saturated heterocycles. The second-order valence-electron chi connectivity index (χ2n) is 6.30. The number of carbonyl (C=O) groups excluding carboxylic acids is 2. The average molecular weight is 392 g/mol. The summed E-state index contributed by atoms with van der Waals surface area (Å²) in [5.41, 5.74) is 5.56. The fourth-order valence-electron chi connectivity index (χ4n) is 2.45. The van der Waals surface area contributed by atoms with Crippen molar-refractivity contribution in [2.75, 3.05) is 7.11 Å². The van der Waals surface area contributed by atoms with E-state index in [1.807, 2.05) is 19.1 Å². The highest BCUT2D eigenvalue weighted by Gasteiger charge is 2.13. The first kappa shape index (κ1) is 19.8. The smallest absolute Gasteiger partial charge is 0.343 e. The molecule has 1 amide bonds. The van der Waals surface area contributed by atoms with Gasteiger partial charge < -0.3 is 9.47 Å². The molecule has 8 nitrogen and oxygen atoms in total. The number of hydrogen-bond donors (Lipinski definition) is 2. The van der Waals surface area contributed by atoms with Crippen molar-refractivity contribution in [1.82, 2.24) is 15.6 Å². The summed E-state index contributed by atoms with van der Waals surface area (Å²) in [5.74, 6) is -0.262. The molecular weight excluding hydrogens is 372 g/mol. The molecule has 0 atom stereocenters. The van der Waals surface area contributed by atoms with Crippen LogP contribution < -0.4 is 14.9 Å². The van der Waals surface area contributed by atoms with Crippen molar-refractivity contribution < 1.29 is 19.1 Å². The number of H-pyrrole nitrogens is 1. The Morgan fingerprint density at radius 1 is 1.07 bits per heavy atom. The molecule has 0 aliphatic heterocycles. The van der Waals surface area contributed by atoms with Crippen LogP contribution in [0, 0.1) is 13.8 Å². The number of ether oxygens (including phenoxy) is 2. The summed E-state index contributed by atoms with van der Waals surface area (Å²) >= 11 is 0. The fraction of sp³-hybridized carbons (Fsp3) is 0.143. The summed E-state index contributed by atoms with van der Waals surface area (Å²) in [7, 11) is 1.47. The van der Waals surface area contributed by atoms with E-state index in [9.17, 15) is 9.59 Å². The molecule has 3 aromatic rings. The lowest BCUT2D eigenvalue weighted by molar-refractivity contribution is 0.0729. The number of hydrogen-bond acceptors (Lipinski definition) is 6. The number of hydrazone groups is 1. The van der Waals surface area contributed by atoms with E-state index in [2.05, 4.69) is 20.7 Å². The van der Waals surface area contributed by atoms with Crippen LogP contribution in [0.25, 0.3) is 0 Å². The van der Waals surface area contributed by atoms with E-state index in [-0.39, 0.29) is 11.4 Å². The van der Waals surface area contributed by atoms with Crippen LogP contribution in [0.2, 0.25) is 0 Å². The number of carbonyl (C=O) groups is 2. The Balaban J connectivity index is 1.67. The van der Waals surface area contributed by atoms with Gasteiger partial charge in [-0.2, -0.15) is 10.2 Å². The first-order valence-corrected chi connectivity index (χ1v) is 8.78. The van der Waals surface area contributed by atoms with Crippen molar-refractivity contribution in [2.24, 2.45) is 5.10 Å². The van der Waals surface area contributed by atoms with Gasteiger partial charge in [-0.1, -0.05) is 17.7 Å². The predicted octanol–water partition coefficient (Wildman–Crippen LogP) is 3.02. The van der Waals surface area contributed by atoms with Crippen molar-refractivity contribution in [3.05, 3.63) is 76.6 Å². The molecule has 148 valence electrons. The minimum atomic E-state index is -0.480. The zero-order valence-corrected chi connectivity index (χ0v) is 16.2. The van der Waals surface area contributed by atoms with E-state index in [4.69, 9.17) is 9.47 Å². The van der Waals surface area contributed by atoms with E-state index in [1.165, 1.54) is 13.3 Å². The second kappa shape index (κ2) is 8.83. The van der Waals surface area contributed by atoms with Gasteiger partial charge in [0.25, 0.3) is 5.91 Å². The number of nitrogens with zero attached hydrogens (tertiary/aromatic N) is 2. The summed E-state index contributed by atoms with van der Waals surface area (Å²) in [4.78, 5) is 24.2. The molecule has 0 bridgehead atoms. The van der Waals surface area contributed by atoms with Gasteiger partial charge in [0.1, 0.15) is 0 Å². The van der Waals surface area contributed by atoms with Gasteiger partial charge in [-0.05, 0) is 55.8 Å². The van der Waals surface area contributed by atoms with Crippen LogP contribution in [0.3, 0.4) is 0 Å². The molecule has 1 aromatic heterocycles. The van der Waals surface area contributed by atoms with E-state index in [0.717, 1.165) is 11.3 Å². The molecule has 29 heavy (non-hydrogen) atoms. The molecule has 0 fully saturated rings. The lowest BCUT2D eigenvalue weighted by Gasteiger charge is -2.10. The minimum absolute atomic E-state index is 0.246. The van der Waals surface area contributed by atoms with Crippen LogP contribution in [-0.4, -0.2) is 35.4 Å². The first-order valence-electron chi connectivity index (χ1n) is 8.78. The van der Waals surface area contributed by atoms with Crippen LogP contribution >= 0.6 is 0 Å². The highest BCUT2D eigenvalue weighted by Crippen LogP contribution is 2.28. The third kappa shape index (κ3) is 5.07. The number of aryl methyl sites for hydroxylation is 2. The summed E-state index contributed by atoms with van der Waals surface area (Å²) in [6, 6.07) is 13.6. The van der Waals surface area contributed by atoms with Gasteiger partial charge in [0.05, 0.1) is 18.9 Å². The number of benzene rings is 2. The number of aromatic nitrogens is 2. The number of rotatable bonds is 6. The van der Waals surface area contributed by atoms with Crippen LogP contribution in [0.1, 0.15) is 37.7 Å². The van der Waals surface area contributed by atoms with E-state index in [1.54, 1.807) is 43.3 Å².